The van der Waals surface area contributed by atoms with Crippen molar-refractivity contribution in [3.8, 4) is 0 Å². The molecular weight excluding hydrogens is 423 g/mol. The summed E-state index contributed by atoms with van der Waals surface area (Å²) in [6.07, 6.45) is 5.48. The van der Waals surface area contributed by atoms with Gasteiger partial charge in [0.15, 0.2) is 0 Å². The second-order valence-corrected chi connectivity index (χ2v) is 12.7. The zero-order valence-corrected chi connectivity index (χ0v) is 18.8. The monoisotopic (exact) mass is 448 g/mol. The normalized spacial score (nSPS) is 10.6. The maximum absolute atomic E-state index is 8.68. The van der Waals surface area contributed by atoms with Gasteiger partial charge in [-0.05, 0) is 59.6 Å². The molecule has 0 unspecified atom stereocenters. The summed E-state index contributed by atoms with van der Waals surface area (Å²) in [5.41, 5.74) is 0. The standard InChI is InChI=1S/C6H14S6.C4H11O5P/c1-2-3-4-5-6-8-10-12-11-9-7;1-3-6-8-10(5)9-7-4-2/h7H,2-6H2,1H3;5H,3-4H2,1-2H3. The summed E-state index contributed by atoms with van der Waals surface area (Å²) in [5.74, 6) is 1.29. The molecule has 0 saturated carbocycles. The summed E-state index contributed by atoms with van der Waals surface area (Å²) in [5, 5.41) is 0. The molecule has 0 fully saturated rings. The minimum atomic E-state index is -2.04. The first-order chi connectivity index (χ1) is 10.7. The van der Waals surface area contributed by atoms with Gasteiger partial charge in [-0.25, -0.2) is 9.78 Å². The van der Waals surface area contributed by atoms with Gasteiger partial charge in [-0.3, -0.25) is 0 Å². The molecule has 0 radical (unpaired) electrons. The average molecular weight is 449 g/mol. The van der Waals surface area contributed by atoms with E-state index in [0.29, 0.717) is 13.2 Å². The van der Waals surface area contributed by atoms with Crippen molar-refractivity contribution in [2.45, 2.75) is 46.5 Å². The Morgan fingerprint density at radius 3 is 2.05 bits per heavy atom. The molecule has 0 aromatic heterocycles. The van der Waals surface area contributed by atoms with Crippen LogP contribution in [-0.2, 0) is 19.1 Å². The first kappa shape index (κ1) is 26.6. The highest BCUT2D eigenvalue weighted by Gasteiger charge is 2.07. The van der Waals surface area contributed by atoms with Gasteiger partial charge in [0.1, 0.15) is 0 Å². The van der Waals surface area contributed by atoms with Crippen molar-refractivity contribution in [3.63, 3.8) is 0 Å². The van der Waals surface area contributed by atoms with E-state index in [-0.39, 0.29) is 0 Å². The van der Waals surface area contributed by atoms with Crippen LogP contribution in [0.15, 0.2) is 0 Å². The summed E-state index contributed by atoms with van der Waals surface area (Å²) in [4.78, 5) is 17.4. The van der Waals surface area contributed by atoms with Crippen molar-refractivity contribution in [1.82, 2.24) is 0 Å². The van der Waals surface area contributed by atoms with Crippen LogP contribution >= 0.6 is 70.4 Å². The van der Waals surface area contributed by atoms with Crippen LogP contribution in [0.25, 0.3) is 0 Å². The largest absolute Gasteiger partial charge is 0.389 e. The van der Waals surface area contributed by atoms with Gasteiger partial charge < -0.3 is 4.89 Å². The number of rotatable bonds is 15. The number of thiol groups is 1. The molecule has 0 amide bonds. The summed E-state index contributed by atoms with van der Waals surface area (Å²) in [7, 11) is 6.81. The predicted octanol–water partition coefficient (Wildman–Crippen LogP) is 6.88. The van der Waals surface area contributed by atoms with E-state index in [0.717, 1.165) is 0 Å². The fourth-order valence-corrected chi connectivity index (χ4v) is 10.2. The topological polar surface area (TPSA) is 57.2 Å². The molecule has 0 aromatic carbocycles. The van der Waals surface area contributed by atoms with Gasteiger partial charge >= 0.3 is 8.60 Å². The van der Waals surface area contributed by atoms with Crippen LogP contribution in [0.3, 0.4) is 0 Å². The zero-order chi connectivity index (χ0) is 16.9. The van der Waals surface area contributed by atoms with Gasteiger partial charge in [0.25, 0.3) is 0 Å². The van der Waals surface area contributed by atoms with Gasteiger partial charge in [0, 0.05) is 5.75 Å². The molecule has 1 N–H and O–H groups in total. The number of hydrogen-bond acceptors (Lipinski definition) is 11. The molecule has 0 bridgehead atoms. The quantitative estimate of drug-likeness (QED) is 0.0692. The first-order valence-electron chi connectivity index (χ1n) is 6.74. The summed E-state index contributed by atoms with van der Waals surface area (Å²) >= 11 is 4.03. The van der Waals surface area contributed by atoms with Crippen molar-refractivity contribution >= 4 is 70.4 Å². The summed E-state index contributed by atoms with van der Waals surface area (Å²) in [6.45, 7) is 6.41. The second kappa shape index (κ2) is 25.6. The highest BCUT2D eigenvalue weighted by atomic mass is 33.9. The van der Waals surface area contributed by atoms with Crippen molar-refractivity contribution in [2.75, 3.05) is 19.0 Å². The van der Waals surface area contributed by atoms with E-state index in [9.17, 15) is 0 Å². The lowest BCUT2D eigenvalue weighted by Gasteiger charge is -2.05. The van der Waals surface area contributed by atoms with E-state index in [2.05, 4.69) is 37.7 Å². The van der Waals surface area contributed by atoms with E-state index in [1.807, 2.05) is 20.6 Å². The van der Waals surface area contributed by atoms with Crippen molar-refractivity contribution in [2.24, 2.45) is 0 Å². The Balaban J connectivity index is 0. The lowest BCUT2D eigenvalue weighted by molar-refractivity contribution is -0.263. The molecule has 0 spiro atoms. The summed E-state index contributed by atoms with van der Waals surface area (Å²) < 4.78 is 8.53. The minimum absolute atomic E-state index is 0.356. The van der Waals surface area contributed by atoms with Crippen LogP contribution in [0, 0.1) is 0 Å². The van der Waals surface area contributed by atoms with Crippen LogP contribution < -0.4 is 0 Å². The van der Waals surface area contributed by atoms with E-state index in [4.69, 9.17) is 4.89 Å². The Hall–Kier alpha value is 2.33. The van der Waals surface area contributed by atoms with Crippen LogP contribution in [0.2, 0.25) is 0 Å². The second-order valence-electron chi connectivity index (χ2n) is 3.36. The third-order valence-electron chi connectivity index (χ3n) is 1.68. The number of unbranched alkanes of at least 4 members (excludes halogenated alkanes) is 3. The molecule has 22 heavy (non-hydrogen) atoms. The van der Waals surface area contributed by atoms with Crippen molar-refractivity contribution < 1.29 is 24.0 Å². The fraction of sp³-hybridized carbons (Fsp3) is 1.00. The molecule has 136 valence electrons. The maximum Gasteiger partial charge on any atom is 0.389 e. The third kappa shape index (κ3) is 27.2. The Morgan fingerprint density at radius 1 is 0.909 bits per heavy atom. The van der Waals surface area contributed by atoms with E-state index < -0.39 is 8.60 Å². The lowest BCUT2D eigenvalue weighted by Crippen LogP contribution is -1.93. The average Bonchev–Trinajstić information content (AvgIpc) is 2.54. The van der Waals surface area contributed by atoms with Crippen LogP contribution in [0.1, 0.15) is 46.5 Å². The zero-order valence-electron chi connectivity index (χ0n) is 13.0. The van der Waals surface area contributed by atoms with E-state index in [1.165, 1.54) is 41.3 Å². The molecule has 0 aliphatic rings. The first-order valence-corrected chi connectivity index (χ1v) is 15.2. The molecule has 5 nitrogen and oxygen atoms in total. The van der Waals surface area contributed by atoms with Crippen LogP contribution in [0.5, 0.6) is 0 Å². The minimum Gasteiger partial charge on any atom is -0.325 e. The summed E-state index contributed by atoms with van der Waals surface area (Å²) in [6, 6.07) is 0. The molecule has 0 aromatic rings. The van der Waals surface area contributed by atoms with E-state index >= 15 is 0 Å². The Labute approximate surface area is 159 Å². The molecule has 12 heteroatoms. The predicted molar refractivity (Wildman–Crippen MR) is 111 cm³/mol. The van der Waals surface area contributed by atoms with Crippen molar-refractivity contribution in [3.05, 3.63) is 0 Å². The highest BCUT2D eigenvalue weighted by molar-refractivity contribution is 9.41. The lowest BCUT2D eigenvalue weighted by atomic mass is 10.2. The van der Waals surface area contributed by atoms with Gasteiger partial charge in [0.05, 0.1) is 13.2 Å². The molecular formula is C10H25O5PS6. The van der Waals surface area contributed by atoms with Gasteiger partial charge in [0.2, 0.25) is 0 Å². The molecule has 0 heterocycles. The molecule has 0 saturated heterocycles. The fourth-order valence-electron chi connectivity index (χ4n) is 0.873. The Morgan fingerprint density at radius 2 is 1.55 bits per heavy atom. The van der Waals surface area contributed by atoms with Crippen LogP contribution in [-0.4, -0.2) is 23.9 Å². The molecule has 0 rings (SSSR count). The Kier molecular flexibility index (Phi) is 30.9. The van der Waals surface area contributed by atoms with Crippen LogP contribution in [0.4, 0.5) is 0 Å². The number of hydrogen-bond donors (Lipinski definition) is 2. The maximum atomic E-state index is 8.68. The molecule has 0 aliphatic heterocycles. The molecule has 0 atom stereocenters. The van der Waals surface area contributed by atoms with Crippen molar-refractivity contribution in [1.29, 1.82) is 0 Å². The van der Waals surface area contributed by atoms with Gasteiger partial charge in [-0.2, -0.15) is 9.35 Å². The van der Waals surface area contributed by atoms with E-state index in [1.54, 1.807) is 33.5 Å². The van der Waals surface area contributed by atoms with Gasteiger partial charge in [-0.1, -0.05) is 48.6 Å². The Bertz CT molecular complexity index is 181. The highest BCUT2D eigenvalue weighted by Crippen LogP contribution is 2.49. The molecule has 0 aliphatic carbocycles. The smallest absolute Gasteiger partial charge is 0.325 e. The third-order valence-corrected chi connectivity index (χ3v) is 11.2. The SMILES string of the molecule is CCCCCCSSSSSS.CCOOP(O)OOCC. The van der Waals surface area contributed by atoms with Gasteiger partial charge in [-0.15, -0.1) is 0 Å².